The van der Waals surface area contributed by atoms with Gasteiger partial charge in [0.1, 0.15) is 30.8 Å². The number of carbonyl (C=O) groups excluding carboxylic acids is 4. The van der Waals surface area contributed by atoms with Crippen LogP contribution in [0.3, 0.4) is 0 Å². The molecule has 2 rings (SSSR count). The summed E-state index contributed by atoms with van der Waals surface area (Å²) in [5.41, 5.74) is -0.908. The number of ether oxygens (including phenoxy) is 5. The van der Waals surface area contributed by atoms with E-state index in [1.807, 2.05) is 6.07 Å². The van der Waals surface area contributed by atoms with Crippen LogP contribution in [0, 0.1) is 0 Å². The Morgan fingerprint density at radius 3 is 2.09 bits per heavy atom. The number of amides is 1. The number of nitrogens with one attached hydrogen (secondary N) is 1. The van der Waals surface area contributed by atoms with E-state index in [4.69, 9.17) is 58.5 Å². The number of alkyl halides is 3. The van der Waals surface area contributed by atoms with Crippen LogP contribution in [0.1, 0.15) is 20.8 Å². The van der Waals surface area contributed by atoms with Gasteiger partial charge in [-0.15, -0.1) is 0 Å². The van der Waals surface area contributed by atoms with Gasteiger partial charge in [0.25, 0.3) is 0 Å². The second kappa shape index (κ2) is 13.4. The predicted octanol–water partition coefficient (Wildman–Crippen LogP) is 3.40. The third-order valence-electron chi connectivity index (χ3n) is 4.35. The van der Waals surface area contributed by atoms with Crippen molar-refractivity contribution in [3.8, 4) is 0 Å². The summed E-state index contributed by atoms with van der Waals surface area (Å²) in [6, 6.07) is 7.91. The molecule has 0 radical (unpaired) electrons. The van der Waals surface area contributed by atoms with Crippen molar-refractivity contribution in [3.05, 3.63) is 30.3 Å². The highest BCUT2D eigenvalue weighted by Crippen LogP contribution is 2.36. The lowest BCUT2D eigenvalue weighted by molar-refractivity contribution is -0.211. The zero-order valence-electron chi connectivity index (χ0n) is 18.9. The van der Waals surface area contributed by atoms with Crippen molar-refractivity contribution in [2.75, 3.05) is 13.2 Å². The molecule has 0 saturated carbocycles. The topological polar surface area (TPSA) is 126 Å². The van der Waals surface area contributed by atoms with Crippen molar-refractivity contribution >= 4 is 70.6 Å². The van der Waals surface area contributed by atoms with Crippen molar-refractivity contribution in [1.82, 2.24) is 5.32 Å². The van der Waals surface area contributed by atoms with E-state index in [9.17, 15) is 19.2 Å². The lowest BCUT2D eigenvalue weighted by atomic mass is 9.97. The highest BCUT2D eigenvalue weighted by Gasteiger charge is 2.51. The summed E-state index contributed by atoms with van der Waals surface area (Å²) in [6.07, 6.45) is -4.50. The van der Waals surface area contributed by atoms with Gasteiger partial charge < -0.3 is 29.0 Å². The smallest absolute Gasteiger partial charge is 0.407 e. The van der Waals surface area contributed by atoms with E-state index >= 15 is 0 Å². The first-order chi connectivity index (χ1) is 16.4. The van der Waals surface area contributed by atoms with Gasteiger partial charge in [-0.3, -0.25) is 14.4 Å². The lowest BCUT2D eigenvalue weighted by Gasteiger charge is -2.44. The summed E-state index contributed by atoms with van der Waals surface area (Å²) in [5.74, 6) is -2.03. The first-order valence-electron chi connectivity index (χ1n) is 10.2. The molecule has 0 aromatic heterocycles. The molecule has 1 fully saturated rings. The maximum absolute atomic E-state index is 12.5. The Bertz CT molecular complexity index is 900. The Hall–Kier alpha value is -1.92. The van der Waals surface area contributed by atoms with Gasteiger partial charge in [-0.05, 0) is 12.1 Å². The third-order valence-corrected chi connectivity index (χ3v) is 5.86. The van der Waals surface area contributed by atoms with Crippen molar-refractivity contribution in [3.63, 3.8) is 0 Å². The largest absolute Gasteiger partial charge is 0.463 e. The van der Waals surface area contributed by atoms with Crippen LogP contribution in [-0.2, 0) is 38.1 Å². The quantitative estimate of drug-likeness (QED) is 0.281. The van der Waals surface area contributed by atoms with Gasteiger partial charge in [0.2, 0.25) is 3.79 Å². The number of esters is 3. The number of rotatable bonds is 8. The minimum absolute atomic E-state index is 0.304. The standard InChI is InChI=1S/C21H24Cl3NO9S/c1-11(26)30-9-15-17(32-12(2)27)18(33-13(3)28)16(25-20(29)31-10-21(22,23)24)19(34-15)35-14-7-5-4-6-8-14/h4-8,15-19H,9-10H2,1-3H3,(H,25,29)/t15?,16?,17-,18-,19+/m1/s1. The van der Waals surface area contributed by atoms with Crippen molar-refractivity contribution < 1.29 is 42.9 Å². The molecule has 1 N–H and O–H groups in total. The number of hydrogen-bond donors (Lipinski definition) is 1. The van der Waals surface area contributed by atoms with E-state index in [0.29, 0.717) is 0 Å². The number of carbonyl (C=O) groups is 4. The molecule has 194 valence electrons. The van der Waals surface area contributed by atoms with E-state index in [-0.39, 0.29) is 6.61 Å². The molecule has 10 nitrogen and oxygen atoms in total. The fourth-order valence-electron chi connectivity index (χ4n) is 3.11. The van der Waals surface area contributed by atoms with Gasteiger partial charge in [0.15, 0.2) is 12.2 Å². The molecular formula is C21H24Cl3NO9S. The molecule has 2 unspecified atom stereocenters. The van der Waals surface area contributed by atoms with Crippen LogP contribution in [0.25, 0.3) is 0 Å². The molecule has 1 aromatic rings. The molecule has 1 aliphatic heterocycles. The number of benzene rings is 1. The molecular weight excluding hydrogens is 549 g/mol. The normalized spacial score (nSPS) is 24.1. The van der Waals surface area contributed by atoms with Gasteiger partial charge in [0.05, 0.1) is 0 Å². The second-order valence-corrected chi connectivity index (χ2v) is 11.0. The molecule has 1 aromatic carbocycles. The SMILES string of the molecule is CC(=O)OCC1O[C@@H](Sc2ccccc2)C(NC(=O)OCC(Cl)(Cl)Cl)[C@@H](OC(C)=O)[C@@H]1OC(C)=O. The van der Waals surface area contributed by atoms with Gasteiger partial charge in [-0.1, -0.05) is 64.8 Å². The Labute approximate surface area is 221 Å². The van der Waals surface area contributed by atoms with E-state index in [0.717, 1.165) is 18.7 Å². The summed E-state index contributed by atoms with van der Waals surface area (Å²) in [4.78, 5) is 48.5. The molecule has 0 spiro atoms. The molecule has 0 aliphatic carbocycles. The average Bonchev–Trinajstić information content (AvgIpc) is 2.74. The Morgan fingerprint density at radius 1 is 0.943 bits per heavy atom. The summed E-state index contributed by atoms with van der Waals surface area (Å²) in [6.45, 7) is 2.64. The van der Waals surface area contributed by atoms with Crippen LogP contribution in [0.4, 0.5) is 4.79 Å². The minimum atomic E-state index is -1.86. The molecule has 0 bridgehead atoms. The number of halogens is 3. The number of hydrogen-bond acceptors (Lipinski definition) is 10. The van der Waals surface area contributed by atoms with Gasteiger partial charge in [-0.25, -0.2) is 4.79 Å². The van der Waals surface area contributed by atoms with Crippen molar-refractivity contribution in [2.24, 2.45) is 0 Å². The number of alkyl carbamates (subject to hydrolysis) is 1. The summed E-state index contributed by atoms with van der Waals surface area (Å²) >= 11 is 18.1. The van der Waals surface area contributed by atoms with Gasteiger partial charge in [0, 0.05) is 25.7 Å². The van der Waals surface area contributed by atoms with Crippen molar-refractivity contribution in [2.45, 2.75) is 59.2 Å². The highest BCUT2D eigenvalue weighted by atomic mass is 35.6. The molecule has 1 heterocycles. The molecule has 14 heteroatoms. The van der Waals surface area contributed by atoms with Gasteiger partial charge in [-0.2, -0.15) is 0 Å². The molecule has 5 atom stereocenters. The van der Waals surface area contributed by atoms with E-state index in [2.05, 4.69) is 5.32 Å². The maximum Gasteiger partial charge on any atom is 0.407 e. The lowest BCUT2D eigenvalue weighted by Crippen LogP contribution is -2.65. The Balaban J connectivity index is 2.42. The van der Waals surface area contributed by atoms with E-state index < -0.39 is 64.2 Å². The van der Waals surface area contributed by atoms with E-state index in [1.54, 1.807) is 24.3 Å². The highest BCUT2D eigenvalue weighted by molar-refractivity contribution is 7.99. The molecule has 35 heavy (non-hydrogen) atoms. The van der Waals surface area contributed by atoms with Crippen LogP contribution >= 0.6 is 46.6 Å². The predicted molar refractivity (Wildman–Crippen MR) is 127 cm³/mol. The van der Waals surface area contributed by atoms with E-state index in [1.165, 1.54) is 18.7 Å². The fraction of sp³-hybridized carbons (Fsp3) is 0.524. The number of thioether (sulfide) groups is 1. The van der Waals surface area contributed by atoms with Crippen molar-refractivity contribution in [1.29, 1.82) is 0 Å². The fourth-order valence-corrected chi connectivity index (χ4v) is 4.43. The average molecular weight is 573 g/mol. The molecule has 1 saturated heterocycles. The van der Waals surface area contributed by atoms with Crippen LogP contribution in [0.2, 0.25) is 0 Å². The van der Waals surface area contributed by atoms with Crippen LogP contribution in [0.15, 0.2) is 35.2 Å². The Morgan fingerprint density at radius 2 is 1.54 bits per heavy atom. The maximum atomic E-state index is 12.5. The van der Waals surface area contributed by atoms with Crippen LogP contribution in [0.5, 0.6) is 0 Å². The summed E-state index contributed by atoms with van der Waals surface area (Å²) in [5, 5.41) is 2.55. The third kappa shape index (κ3) is 10.3. The summed E-state index contributed by atoms with van der Waals surface area (Å²) in [7, 11) is 0. The zero-order chi connectivity index (χ0) is 26.2. The monoisotopic (exact) mass is 571 g/mol. The van der Waals surface area contributed by atoms with Crippen LogP contribution in [-0.4, -0.2) is 70.8 Å². The van der Waals surface area contributed by atoms with Gasteiger partial charge >= 0.3 is 24.0 Å². The first-order valence-corrected chi connectivity index (χ1v) is 12.2. The minimum Gasteiger partial charge on any atom is -0.463 e. The second-order valence-electron chi connectivity index (χ2n) is 7.29. The first kappa shape index (κ1) is 29.3. The molecule has 1 amide bonds. The Kier molecular flexibility index (Phi) is 11.2. The molecule has 1 aliphatic rings. The van der Waals surface area contributed by atoms with Crippen LogP contribution < -0.4 is 5.32 Å². The zero-order valence-corrected chi connectivity index (χ0v) is 22.0. The summed E-state index contributed by atoms with van der Waals surface area (Å²) < 4.78 is 25.1.